The number of rotatable bonds is 6. The molecule has 0 bridgehead atoms. The van der Waals surface area contributed by atoms with Gasteiger partial charge in [-0.3, -0.25) is 9.69 Å². The van der Waals surface area contributed by atoms with Crippen LogP contribution in [0.1, 0.15) is 37.9 Å². The summed E-state index contributed by atoms with van der Waals surface area (Å²) in [5.74, 6) is -0.392. The molecule has 150 valence electrons. The lowest BCUT2D eigenvalue weighted by atomic mass is 9.80. The second kappa shape index (κ2) is 7.72. The first kappa shape index (κ1) is 19.2. The molecule has 1 aliphatic carbocycles. The fourth-order valence-electron chi connectivity index (χ4n) is 4.61. The number of aromatic nitrogens is 1. The second-order valence-corrected chi connectivity index (χ2v) is 8.11. The second-order valence-electron chi connectivity index (χ2n) is 8.11. The van der Waals surface area contributed by atoms with E-state index in [1.54, 1.807) is 0 Å². The Morgan fingerprint density at radius 1 is 1.29 bits per heavy atom. The van der Waals surface area contributed by atoms with Gasteiger partial charge in [-0.15, -0.1) is 0 Å². The molecule has 2 heterocycles. The first-order valence-electron chi connectivity index (χ1n) is 10.3. The van der Waals surface area contributed by atoms with Crippen molar-refractivity contribution in [2.75, 3.05) is 33.4 Å². The van der Waals surface area contributed by atoms with Crippen molar-refractivity contribution < 1.29 is 14.3 Å². The van der Waals surface area contributed by atoms with Crippen LogP contribution in [0.5, 0.6) is 0 Å². The zero-order chi connectivity index (χ0) is 19.8. The van der Waals surface area contributed by atoms with E-state index in [0.717, 1.165) is 6.42 Å². The Labute approximate surface area is 166 Å². The summed E-state index contributed by atoms with van der Waals surface area (Å²) < 4.78 is 13.1. The molecule has 2 atom stereocenters. The van der Waals surface area contributed by atoms with Gasteiger partial charge in [0.05, 0.1) is 12.5 Å². The molecule has 0 unspecified atom stereocenters. The predicted octanol–water partition coefficient (Wildman–Crippen LogP) is 3.67. The monoisotopic (exact) mass is 382 g/mol. The smallest absolute Gasteiger partial charge is 0.314 e. The number of benzene rings is 1. The van der Waals surface area contributed by atoms with Gasteiger partial charge in [0.1, 0.15) is 6.61 Å². The fraction of sp³-hybridized carbons (Fsp3) is 0.522. The molecule has 5 nitrogen and oxygen atoms in total. The average Bonchev–Trinajstić information content (AvgIpc) is 3.06. The van der Waals surface area contributed by atoms with Crippen LogP contribution in [0.25, 0.3) is 16.5 Å². The van der Waals surface area contributed by atoms with E-state index < -0.39 is 0 Å². The van der Waals surface area contributed by atoms with Crippen molar-refractivity contribution >= 4 is 22.4 Å². The minimum absolute atomic E-state index is 0.157. The molecule has 4 rings (SSSR count). The molecule has 5 heteroatoms. The Kier molecular flexibility index (Phi) is 5.30. The van der Waals surface area contributed by atoms with Crippen LogP contribution in [0.2, 0.25) is 0 Å². The maximum absolute atomic E-state index is 12.6. The molecule has 2 aliphatic rings. The van der Waals surface area contributed by atoms with Crippen molar-refractivity contribution in [3.8, 4) is 0 Å². The zero-order valence-electron chi connectivity index (χ0n) is 17.3. The van der Waals surface area contributed by atoms with Crippen molar-refractivity contribution in [1.82, 2.24) is 9.47 Å². The molecular formula is C23H30N2O3. The minimum Gasteiger partial charge on any atom is -0.463 e. The first-order chi connectivity index (χ1) is 13.5. The molecule has 1 aromatic carbocycles. The van der Waals surface area contributed by atoms with Gasteiger partial charge in [-0.2, -0.15) is 0 Å². The molecule has 0 amide bonds. The van der Waals surface area contributed by atoms with Gasteiger partial charge >= 0.3 is 5.97 Å². The van der Waals surface area contributed by atoms with Crippen molar-refractivity contribution in [2.24, 2.45) is 5.92 Å². The van der Waals surface area contributed by atoms with E-state index in [-0.39, 0.29) is 11.9 Å². The van der Waals surface area contributed by atoms with E-state index in [1.165, 1.54) is 27.6 Å². The van der Waals surface area contributed by atoms with Gasteiger partial charge in [0.2, 0.25) is 0 Å². The van der Waals surface area contributed by atoms with Crippen LogP contribution >= 0.6 is 0 Å². The van der Waals surface area contributed by atoms with Crippen molar-refractivity contribution in [3.63, 3.8) is 0 Å². The molecule has 28 heavy (non-hydrogen) atoms. The number of carbonyl (C=O) groups is 1. The highest BCUT2D eigenvalue weighted by Crippen LogP contribution is 2.42. The number of hydrogen-bond donors (Lipinski definition) is 0. The minimum atomic E-state index is -0.234. The standard InChI is InChI=1S/C23H30N2O3/c1-5-27-9-10-28-23(26)17-11-19-18-7-6-8-20-22(18)16(14-25(20)15(2)3)12-21(19)24(4)13-17/h6-8,11,14-15,17,21H,5,9-10,12-13H2,1-4H3/t17-,21-/m1/s1. The molecule has 1 aromatic heterocycles. The van der Waals surface area contributed by atoms with Crippen LogP contribution in [0.3, 0.4) is 0 Å². The molecule has 0 spiro atoms. The lowest BCUT2D eigenvalue weighted by molar-refractivity contribution is -0.149. The topological polar surface area (TPSA) is 43.7 Å². The van der Waals surface area contributed by atoms with Crippen LogP contribution in [0.15, 0.2) is 30.5 Å². The van der Waals surface area contributed by atoms with Gasteiger partial charge in [0.25, 0.3) is 0 Å². The molecule has 0 saturated carbocycles. The third-order valence-electron chi connectivity index (χ3n) is 5.95. The lowest BCUT2D eigenvalue weighted by Crippen LogP contribution is -2.44. The Morgan fingerprint density at radius 3 is 2.86 bits per heavy atom. The van der Waals surface area contributed by atoms with Gasteiger partial charge in [0.15, 0.2) is 0 Å². The van der Waals surface area contributed by atoms with Crippen molar-refractivity contribution in [2.45, 2.75) is 39.3 Å². The van der Waals surface area contributed by atoms with Crippen LogP contribution in [-0.4, -0.2) is 54.9 Å². The molecule has 0 radical (unpaired) electrons. The van der Waals surface area contributed by atoms with Crippen LogP contribution in [0, 0.1) is 5.92 Å². The number of likely N-dealkylation sites (N-methyl/N-ethyl adjacent to an activating group) is 1. The Morgan fingerprint density at radius 2 is 2.11 bits per heavy atom. The summed E-state index contributed by atoms with van der Waals surface area (Å²) >= 11 is 0. The van der Waals surface area contributed by atoms with Crippen LogP contribution in [0.4, 0.5) is 0 Å². The molecule has 0 N–H and O–H groups in total. The van der Waals surface area contributed by atoms with E-state index in [1.807, 2.05) is 6.92 Å². The quantitative estimate of drug-likeness (QED) is 0.565. The third-order valence-corrected chi connectivity index (χ3v) is 5.95. The highest BCUT2D eigenvalue weighted by Gasteiger charge is 2.36. The van der Waals surface area contributed by atoms with E-state index in [9.17, 15) is 4.79 Å². The Hall–Kier alpha value is -2.11. The SMILES string of the molecule is CCOCCOC(=O)[C@@H]1C=C2c3cccc4c3c(cn4C(C)C)C[C@H]2N(C)C1. The molecule has 2 aromatic rings. The van der Waals surface area contributed by atoms with E-state index in [2.05, 4.69) is 60.8 Å². The number of esters is 1. The summed E-state index contributed by atoms with van der Waals surface area (Å²) in [6.07, 6.45) is 5.46. The van der Waals surface area contributed by atoms with E-state index >= 15 is 0 Å². The molecule has 1 aliphatic heterocycles. The molecule has 0 fully saturated rings. The van der Waals surface area contributed by atoms with Gasteiger partial charge in [-0.25, -0.2) is 0 Å². The van der Waals surface area contributed by atoms with E-state index in [4.69, 9.17) is 9.47 Å². The normalized spacial score (nSPS) is 21.7. The highest BCUT2D eigenvalue weighted by molar-refractivity contribution is 5.99. The van der Waals surface area contributed by atoms with Gasteiger partial charge in [0, 0.05) is 42.3 Å². The van der Waals surface area contributed by atoms with Crippen LogP contribution < -0.4 is 0 Å². The molecule has 0 saturated heterocycles. The first-order valence-corrected chi connectivity index (χ1v) is 10.3. The average molecular weight is 383 g/mol. The van der Waals surface area contributed by atoms with Crippen molar-refractivity contribution in [1.29, 1.82) is 0 Å². The third kappa shape index (κ3) is 3.27. The largest absolute Gasteiger partial charge is 0.463 e. The van der Waals surface area contributed by atoms with Gasteiger partial charge < -0.3 is 14.0 Å². The summed E-state index contributed by atoms with van der Waals surface area (Å²) in [7, 11) is 2.11. The Bertz CT molecular complexity index is 912. The summed E-state index contributed by atoms with van der Waals surface area (Å²) in [5, 5.41) is 1.34. The van der Waals surface area contributed by atoms with Crippen LogP contribution in [-0.2, 0) is 20.7 Å². The Balaban J connectivity index is 1.68. The number of carbonyl (C=O) groups excluding carboxylic acids is 1. The van der Waals surface area contributed by atoms with Gasteiger partial charge in [-0.05, 0) is 57.0 Å². The zero-order valence-corrected chi connectivity index (χ0v) is 17.3. The predicted molar refractivity (Wildman–Crippen MR) is 111 cm³/mol. The lowest BCUT2D eigenvalue weighted by Gasteiger charge is -2.39. The number of nitrogens with zero attached hydrogens (tertiary/aromatic N) is 2. The van der Waals surface area contributed by atoms with E-state index in [0.29, 0.717) is 38.4 Å². The number of ether oxygens (including phenoxy) is 2. The highest BCUT2D eigenvalue weighted by atomic mass is 16.6. The summed E-state index contributed by atoms with van der Waals surface area (Å²) in [6, 6.07) is 7.27. The number of fused-ring (bicyclic) bond motifs is 2. The van der Waals surface area contributed by atoms with Gasteiger partial charge in [-0.1, -0.05) is 18.2 Å². The summed E-state index contributed by atoms with van der Waals surface area (Å²) in [6.45, 7) is 8.48. The fourth-order valence-corrected chi connectivity index (χ4v) is 4.61. The summed E-state index contributed by atoms with van der Waals surface area (Å²) in [5.41, 5.74) is 5.22. The maximum Gasteiger partial charge on any atom is 0.314 e. The number of hydrogen-bond acceptors (Lipinski definition) is 4. The van der Waals surface area contributed by atoms with Crippen molar-refractivity contribution in [3.05, 3.63) is 41.6 Å². The maximum atomic E-state index is 12.6. The summed E-state index contributed by atoms with van der Waals surface area (Å²) in [4.78, 5) is 14.9. The molecular weight excluding hydrogens is 352 g/mol.